The number of halogens is 2. The number of carbonyl (C=O) groups excluding carboxylic acids is 1. The predicted octanol–water partition coefficient (Wildman–Crippen LogP) is 4.85. The minimum atomic E-state index is -0.286. The predicted molar refractivity (Wildman–Crippen MR) is 98.5 cm³/mol. The molecule has 1 N–H and O–H groups in total. The topological polar surface area (TPSA) is 50.7 Å². The first kappa shape index (κ1) is 18.3. The molecule has 1 amide bonds. The van der Waals surface area contributed by atoms with Gasteiger partial charge in [0.2, 0.25) is 0 Å². The SMILES string of the molecule is CCCOc1c(Cl)cc(/C=N\NC(=O)c2ccc(C)cc2)cc1Cl. The van der Waals surface area contributed by atoms with Crippen molar-refractivity contribution in [1.29, 1.82) is 0 Å². The van der Waals surface area contributed by atoms with Crippen molar-refractivity contribution < 1.29 is 9.53 Å². The summed E-state index contributed by atoms with van der Waals surface area (Å²) in [6.07, 6.45) is 2.34. The van der Waals surface area contributed by atoms with Gasteiger partial charge in [-0.15, -0.1) is 0 Å². The summed E-state index contributed by atoms with van der Waals surface area (Å²) in [5, 5.41) is 4.74. The van der Waals surface area contributed by atoms with Crippen LogP contribution < -0.4 is 10.2 Å². The maximum Gasteiger partial charge on any atom is 0.271 e. The largest absolute Gasteiger partial charge is 0.490 e. The Morgan fingerprint density at radius 2 is 1.83 bits per heavy atom. The van der Waals surface area contributed by atoms with Gasteiger partial charge in [-0.05, 0) is 43.2 Å². The van der Waals surface area contributed by atoms with Gasteiger partial charge in [0.25, 0.3) is 5.91 Å². The van der Waals surface area contributed by atoms with Crippen LogP contribution in [0.2, 0.25) is 10.0 Å². The van der Waals surface area contributed by atoms with Crippen LogP contribution in [0.3, 0.4) is 0 Å². The van der Waals surface area contributed by atoms with Gasteiger partial charge in [-0.3, -0.25) is 4.79 Å². The fourth-order valence-electron chi connectivity index (χ4n) is 1.93. The highest BCUT2D eigenvalue weighted by Gasteiger charge is 2.09. The first-order valence-corrected chi connectivity index (χ1v) is 8.28. The van der Waals surface area contributed by atoms with Crippen LogP contribution in [0.4, 0.5) is 0 Å². The standard InChI is InChI=1S/C18H18Cl2N2O2/c1-3-8-24-17-15(19)9-13(10-16(17)20)11-21-22-18(23)14-6-4-12(2)5-7-14/h4-7,9-11H,3,8H2,1-2H3,(H,22,23)/b21-11-. The van der Waals surface area contributed by atoms with E-state index in [1.807, 2.05) is 26.0 Å². The Kier molecular flexibility index (Phi) is 6.64. The van der Waals surface area contributed by atoms with Gasteiger partial charge < -0.3 is 4.74 Å². The molecule has 2 aromatic rings. The zero-order valence-electron chi connectivity index (χ0n) is 13.5. The number of hydrazone groups is 1. The molecule has 2 aromatic carbocycles. The normalized spacial score (nSPS) is 10.8. The first-order valence-electron chi connectivity index (χ1n) is 7.53. The fraction of sp³-hybridized carbons (Fsp3) is 0.222. The highest BCUT2D eigenvalue weighted by Crippen LogP contribution is 2.33. The average molecular weight is 365 g/mol. The van der Waals surface area contributed by atoms with Gasteiger partial charge in [-0.25, -0.2) is 5.43 Å². The van der Waals surface area contributed by atoms with E-state index in [9.17, 15) is 4.79 Å². The molecule has 126 valence electrons. The van der Waals surface area contributed by atoms with Gasteiger partial charge in [-0.2, -0.15) is 5.10 Å². The summed E-state index contributed by atoms with van der Waals surface area (Å²) in [4.78, 5) is 12.0. The van der Waals surface area contributed by atoms with Gasteiger partial charge in [-0.1, -0.05) is 47.8 Å². The van der Waals surface area contributed by atoms with E-state index in [4.69, 9.17) is 27.9 Å². The highest BCUT2D eigenvalue weighted by atomic mass is 35.5. The number of hydrogen-bond donors (Lipinski definition) is 1. The van der Waals surface area contributed by atoms with Gasteiger partial charge in [0.05, 0.1) is 22.9 Å². The van der Waals surface area contributed by atoms with Gasteiger partial charge in [0, 0.05) is 5.56 Å². The number of nitrogens with zero attached hydrogens (tertiary/aromatic N) is 1. The summed E-state index contributed by atoms with van der Waals surface area (Å²) < 4.78 is 5.50. The smallest absolute Gasteiger partial charge is 0.271 e. The Balaban J connectivity index is 2.03. The van der Waals surface area contributed by atoms with Gasteiger partial charge >= 0.3 is 0 Å². The van der Waals surface area contributed by atoms with Crippen molar-refractivity contribution in [2.75, 3.05) is 6.61 Å². The summed E-state index contributed by atoms with van der Waals surface area (Å²) in [6, 6.07) is 10.6. The Hall–Kier alpha value is -2.04. The Labute approximate surface area is 151 Å². The molecule has 0 aromatic heterocycles. The Bertz CT molecular complexity index is 720. The third-order valence-corrected chi connectivity index (χ3v) is 3.73. The van der Waals surface area contributed by atoms with Crippen LogP contribution >= 0.6 is 23.2 Å². The van der Waals surface area contributed by atoms with Crippen LogP contribution in [-0.4, -0.2) is 18.7 Å². The lowest BCUT2D eigenvalue weighted by molar-refractivity contribution is 0.0955. The van der Waals surface area contributed by atoms with Crippen LogP contribution in [-0.2, 0) is 0 Å². The molecular weight excluding hydrogens is 347 g/mol. The van der Waals surface area contributed by atoms with Gasteiger partial charge in [0.15, 0.2) is 5.75 Å². The minimum absolute atomic E-state index is 0.286. The molecule has 0 aliphatic rings. The monoisotopic (exact) mass is 364 g/mol. The third-order valence-electron chi connectivity index (χ3n) is 3.16. The summed E-state index contributed by atoms with van der Waals surface area (Å²) in [6.45, 7) is 4.50. The first-order chi connectivity index (χ1) is 11.5. The quantitative estimate of drug-likeness (QED) is 0.587. The van der Waals surface area contributed by atoms with E-state index in [0.29, 0.717) is 33.5 Å². The highest BCUT2D eigenvalue weighted by molar-refractivity contribution is 6.37. The number of nitrogens with one attached hydrogen (secondary N) is 1. The molecule has 0 aliphatic heterocycles. The van der Waals surface area contributed by atoms with Crippen LogP contribution in [0.25, 0.3) is 0 Å². The molecule has 4 nitrogen and oxygen atoms in total. The molecule has 0 atom stereocenters. The Morgan fingerprint density at radius 1 is 1.21 bits per heavy atom. The number of benzene rings is 2. The molecule has 0 heterocycles. The van der Waals surface area contributed by atoms with Crippen molar-refractivity contribution in [3.05, 3.63) is 63.1 Å². The molecule has 0 saturated heterocycles. The fourth-order valence-corrected chi connectivity index (χ4v) is 2.54. The van der Waals surface area contributed by atoms with Crippen LogP contribution in [0.1, 0.15) is 34.8 Å². The zero-order valence-corrected chi connectivity index (χ0v) is 15.0. The van der Waals surface area contributed by atoms with E-state index < -0.39 is 0 Å². The van der Waals surface area contributed by atoms with Crippen molar-refractivity contribution in [2.24, 2.45) is 5.10 Å². The van der Waals surface area contributed by atoms with E-state index in [1.165, 1.54) is 6.21 Å². The van der Waals surface area contributed by atoms with Crippen molar-refractivity contribution >= 4 is 35.3 Å². The van der Waals surface area contributed by atoms with Crippen molar-refractivity contribution in [3.8, 4) is 5.75 Å². The lowest BCUT2D eigenvalue weighted by atomic mass is 10.1. The van der Waals surface area contributed by atoms with E-state index >= 15 is 0 Å². The van der Waals surface area contributed by atoms with Crippen LogP contribution in [0, 0.1) is 6.92 Å². The Morgan fingerprint density at radius 3 is 2.42 bits per heavy atom. The number of hydrogen-bond acceptors (Lipinski definition) is 3. The lowest BCUT2D eigenvalue weighted by Gasteiger charge is -2.09. The van der Waals surface area contributed by atoms with E-state index in [0.717, 1.165) is 12.0 Å². The molecule has 6 heteroatoms. The molecule has 0 radical (unpaired) electrons. The number of rotatable bonds is 6. The molecule has 0 spiro atoms. The summed E-state index contributed by atoms with van der Waals surface area (Å²) in [5.41, 5.74) is 4.76. The summed E-state index contributed by atoms with van der Waals surface area (Å²) in [7, 11) is 0. The van der Waals surface area contributed by atoms with E-state index in [2.05, 4.69) is 10.5 Å². The maximum absolute atomic E-state index is 12.0. The van der Waals surface area contributed by atoms with Crippen LogP contribution in [0.15, 0.2) is 41.5 Å². The second kappa shape index (κ2) is 8.71. The number of ether oxygens (including phenoxy) is 1. The number of aryl methyl sites for hydroxylation is 1. The second-order valence-electron chi connectivity index (χ2n) is 5.23. The molecule has 0 fully saturated rings. The average Bonchev–Trinajstić information content (AvgIpc) is 2.54. The maximum atomic E-state index is 12.0. The molecule has 0 aliphatic carbocycles. The molecule has 0 saturated carbocycles. The lowest BCUT2D eigenvalue weighted by Crippen LogP contribution is -2.17. The van der Waals surface area contributed by atoms with Crippen molar-refractivity contribution in [3.63, 3.8) is 0 Å². The third kappa shape index (κ3) is 4.98. The number of amides is 1. The molecule has 24 heavy (non-hydrogen) atoms. The van der Waals surface area contributed by atoms with E-state index in [-0.39, 0.29) is 5.91 Å². The van der Waals surface area contributed by atoms with E-state index in [1.54, 1.807) is 24.3 Å². The molecule has 0 unspecified atom stereocenters. The molecule has 0 bridgehead atoms. The van der Waals surface area contributed by atoms with Crippen molar-refractivity contribution in [2.45, 2.75) is 20.3 Å². The molecule has 2 rings (SSSR count). The van der Waals surface area contributed by atoms with Gasteiger partial charge in [0.1, 0.15) is 0 Å². The summed E-state index contributed by atoms with van der Waals surface area (Å²) in [5.74, 6) is 0.173. The second-order valence-corrected chi connectivity index (χ2v) is 6.04. The summed E-state index contributed by atoms with van der Waals surface area (Å²) >= 11 is 12.3. The zero-order chi connectivity index (χ0) is 17.5. The van der Waals surface area contributed by atoms with Crippen LogP contribution in [0.5, 0.6) is 5.75 Å². The minimum Gasteiger partial charge on any atom is -0.490 e. The van der Waals surface area contributed by atoms with Crippen molar-refractivity contribution in [1.82, 2.24) is 5.43 Å². The number of carbonyl (C=O) groups is 1. The molecular formula is C18H18Cl2N2O2.